The molecular weight excluding hydrogens is 376 g/mol. The Morgan fingerprint density at radius 1 is 1.03 bits per heavy atom. The number of fused-ring (bicyclic) bond motifs is 5. The fraction of sp³-hybridized carbons (Fsp3) is 0.923. The van der Waals surface area contributed by atoms with Crippen LogP contribution in [-0.2, 0) is 19.1 Å². The zero-order valence-corrected chi connectivity index (χ0v) is 19.2. The van der Waals surface area contributed by atoms with Crippen molar-refractivity contribution in [1.29, 1.82) is 0 Å². The summed E-state index contributed by atoms with van der Waals surface area (Å²) in [7, 11) is 0. The molecule has 1 unspecified atom stereocenters. The van der Waals surface area contributed by atoms with E-state index in [-0.39, 0.29) is 29.1 Å². The number of carbonyl (C=O) groups is 2. The Hall–Kier alpha value is -0.740. The standard InChI is InChI=1S/C26H40O4/c1-16(27)19-7-8-20-24-21(10-12-26(19,20)3)25(2)11-9-18(28)14-17(25)15-22(24)30-23-6-4-5-13-29-23/h17,19-24H,4-15H2,1-3H3/t17-,19+,20-,21-,22+,23?,24-,25-,26+/m0/s1. The van der Waals surface area contributed by atoms with E-state index in [2.05, 4.69) is 13.8 Å². The fourth-order valence-electron chi connectivity index (χ4n) is 8.81. The minimum atomic E-state index is -0.0776. The van der Waals surface area contributed by atoms with E-state index < -0.39 is 0 Å². The molecule has 168 valence electrons. The highest BCUT2D eigenvalue weighted by molar-refractivity contribution is 5.80. The van der Waals surface area contributed by atoms with Gasteiger partial charge in [0, 0.05) is 25.4 Å². The van der Waals surface area contributed by atoms with Crippen molar-refractivity contribution >= 4 is 11.6 Å². The Kier molecular flexibility index (Phi) is 5.41. The summed E-state index contributed by atoms with van der Waals surface area (Å²) in [6, 6.07) is 0. The van der Waals surface area contributed by atoms with Gasteiger partial charge >= 0.3 is 0 Å². The molecule has 30 heavy (non-hydrogen) atoms. The highest BCUT2D eigenvalue weighted by Gasteiger charge is 2.63. The maximum Gasteiger partial charge on any atom is 0.157 e. The van der Waals surface area contributed by atoms with Crippen LogP contribution in [0.5, 0.6) is 0 Å². The first kappa shape index (κ1) is 21.1. The highest BCUT2D eigenvalue weighted by Crippen LogP contribution is 2.67. The molecule has 0 amide bonds. The van der Waals surface area contributed by atoms with Gasteiger partial charge in [-0.15, -0.1) is 0 Å². The molecule has 1 saturated heterocycles. The number of hydrogen-bond donors (Lipinski definition) is 0. The lowest BCUT2D eigenvalue weighted by Crippen LogP contribution is -2.59. The first-order chi connectivity index (χ1) is 14.3. The molecule has 4 heteroatoms. The third-order valence-electron chi connectivity index (χ3n) is 10.4. The third kappa shape index (κ3) is 3.23. The van der Waals surface area contributed by atoms with E-state index in [0.717, 1.165) is 64.4 Å². The summed E-state index contributed by atoms with van der Waals surface area (Å²) in [4.78, 5) is 24.9. The van der Waals surface area contributed by atoms with Crippen LogP contribution in [-0.4, -0.2) is 30.6 Å². The molecular formula is C26H40O4. The van der Waals surface area contributed by atoms with Gasteiger partial charge in [-0.3, -0.25) is 9.59 Å². The third-order valence-corrected chi connectivity index (χ3v) is 10.4. The van der Waals surface area contributed by atoms with Gasteiger partial charge in [0.1, 0.15) is 11.6 Å². The maximum atomic E-state index is 12.5. The van der Waals surface area contributed by atoms with Crippen LogP contribution in [0.1, 0.15) is 91.4 Å². The van der Waals surface area contributed by atoms with Crippen molar-refractivity contribution in [2.45, 2.75) is 104 Å². The van der Waals surface area contributed by atoms with Crippen LogP contribution in [0.15, 0.2) is 0 Å². The van der Waals surface area contributed by atoms with Crippen molar-refractivity contribution in [3.05, 3.63) is 0 Å². The minimum Gasteiger partial charge on any atom is -0.353 e. The molecule has 0 radical (unpaired) electrons. The predicted octanol–water partition coefficient (Wildman–Crippen LogP) is 5.33. The van der Waals surface area contributed by atoms with E-state index in [9.17, 15) is 9.59 Å². The minimum absolute atomic E-state index is 0.0776. The zero-order chi connectivity index (χ0) is 21.1. The maximum absolute atomic E-state index is 12.5. The molecule has 4 aliphatic carbocycles. The second kappa shape index (κ2) is 7.69. The molecule has 1 aliphatic heterocycles. The molecule has 0 bridgehead atoms. The molecule has 5 fully saturated rings. The summed E-state index contributed by atoms with van der Waals surface area (Å²) in [6.45, 7) is 7.49. The molecule has 5 rings (SSSR count). The van der Waals surface area contributed by atoms with Crippen LogP contribution < -0.4 is 0 Å². The average molecular weight is 417 g/mol. The van der Waals surface area contributed by atoms with E-state index in [1.807, 2.05) is 0 Å². The summed E-state index contributed by atoms with van der Waals surface area (Å²) in [5.74, 6) is 3.18. The van der Waals surface area contributed by atoms with Crippen LogP contribution in [0.3, 0.4) is 0 Å². The molecule has 0 aromatic carbocycles. The number of ketones is 2. The number of hydrogen-bond acceptors (Lipinski definition) is 4. The molecule has 9 atom stereocenters. The summed E-state index contributed by atoms with van der Waals surface area (Å²) in [5.41, 5.74) is 0.372. The highest BCUT2D eigenvalue weighted by atomic mass is 16.7. The van der Waals surface area contributed by atoms with Gasteiger partial charge in [0.25, 0.3) is 0 Å². The summed E-state index contributed by atoms with van der Waals surface area (Å²) in [6.07, 6.45) is 11.5. The van der Waals surface area contributed by atoms with E-state index in [1.54, 1.807) is 6.92 Å². The van der Waals surface area contributed by atoms with Gasteiger partial charge in [-0.05, 0) is 99.2 Å². The topological polar surface area (TPSA) is 52.6 Å². The van der Waals surface area contributed by atoms with Crippen molar-refractivity contribution in [1.82, 2.24) is 0 Å². The zero-order valence-electron chi connectivity index (χ0n) is 19.2. The molecule has 0 aromatic heterocycles. The predicted molar refractivity (Wildman–Crippen MR) is 115 cm³/mol. The SMILES string of the molecule is CC(=O)[C@H]1CC[C@H]2[C@@H]3[C@H](OC4CCCCO4)C[C@@H]4CC(=O)CC[C@]4(C)[C@H]3CC[C@]12C. The second-order valence-electron chi connectivity index (χ2n) is 11.7. The summed E-state index contributed by atoms with van der Waals surface area (Å²) < 4.78 is 12.8. The molecule has 4 nitrogen and oxygen atoms in total. The molecule has 4 saturated carbocycles. The number of ether oxygens (including phenoxy) is 2. The van der Waals surface area contributed by atoms with Crippen molar-refractivity contribution in [3.63, 3.8) is 0 Å². The Labute approximate surface area is 181 Å². The van der Waals surface area contributed by atoms with Gasteiger partial charge in [-0.2, -0.15) is 0 Å². The Bertz CT molecular complexity index is 697. The van der Waals surface area contributed by atoms with Gasteiger partial charge in [0.2, 0.25) is 0 Å². The lowest BCUT2D eigenvalue weighted by Gasteiger charge is -2.62. The Balaban J connectivity index is 1.48. The van der Waals surface area contributed by atoms with Gasteiger partial charge < -0.3 is 9.47 Å². The van der Waals surface area contributed by atoms with Gasteiger partial charge in [0.05, 0.1) is 6.10 Å². The van der Waals surface area contributed by atoms with Crippen LogP contribution in [0, 0.1) is 40.4 Å². The molecule has 0 spiro atoms. The molecule has 0 N–H and O–H groups in total. The number of rotatable bonds is 3. The van der Waals surface area contributed by atoms with Crippen molar-refractivity contribution in [2.24, 2.45) is 40.4 Å². The normalized spacial score (nSPS) is 51.0. The van der Waals surface area contributed by atoms with Crippen LogP contribution in [0.4, 0.5) is 0 Å². The monoisotopic (exact) mass is 416 g/mol. The number of Topliss-reactive ketones (excluding diaryl/α,β-unsaturated/α-hetero) is 2. The van der Waals surface area contributed by atoms with Crippen molar-refractivity contribution in [3.8, 4) is 0 Å². The van der Waals surface area contributed by atoms with Gasteiger partial charge in [-0.1, -0.05) is 13.8 Å². The lowest BCUT2D eigenvalue weighted by molar-refractivity contribution is -0.246. The van der Waals surface area contributed by atoms with Gasteiger partial charge in [0.15, 0.2) is 6.29 Å². The Morgan fingerprint density at radius 3 is 2.57 bits per heavy atom. The van der Waals surface area contributed by atoms with E-state index >= 15 is 0 Å². The van der Waals surface area contributed by atoms with E-state index in [4.69, 9.17) is 9.47 Å². The first-order valence-electron chi connectivity index (χ1n) is 12.6. The van der Waals surface area contributed by atoms with Crippen molar-refractivity contribution in [2.75, 3.05) is 6.61 Å². The van der Waals surface area contributed by atoms with Crippen LogP contribution >= 0.6 is 0 Å². The van der Waals surface area contributed by atoms with Gasteiger partial charge in [-0.25, -0.2) is 0 Å². The summed E-state index contributed by atoms with van der Waals surface area (Å²) in [5, 5.41) is 0. The van der Waals surface area contributed by atoms with Crippen LogP contribution in [0.25, 0.3) is 0 Å². The van der Waals surface area contributed by atoms with E-state index in [1.165, 1.54) is 12.8 Å². The first-order valence-corrected chi connectivity index (χ1v) is 12.6. The Morgan fingerprint density at radius 2 is 1.83 bits per heavy atom. The largest absolute Gasteiger partial charge is 0.353 e. The number of carbonyl (C=O) groups excluding carboxylic acids is 2. The summed E-state index contributed by atoms with van der Waals surface area (Å²) >= 11 is 0. The second-order valence-corrected chi connectivity index (χ2v) is 11.7. The smallest absolute Gasteiger partial charge is 0.157 e. The molecule has 5 aliphatic rings. The lowest BCUT2D eigenvalue weighted by atomic mass is 9.44. The quantitative estimate of drug-likeness (QED) is 0.584. The molecule has 0 aromatic rings. The van der Waals surface area contributed by atoms with Crippen LogP contribution in [0.2, 0.25) is 0 Å². The fourth-order valence-corrected chi connectivity index (χ4v) is 8.81. The molecule has 1 heterocycles. The van der Waals surface area contributed by atoms with E-state index in [0.29, 0.717) is 35.2 Å². The van der Waals surface area contributed by atoms with Crippen molar-refractivity contribution < 1.29 is 19.1 Å². The average Bonchev–Trinajstić information content (AvgIpc) is 3.07.